The van der Waals surface area contributed by atoms with Crippen molar-refractivity contribution in [2.24, 2.45) is 5.92 Å². The fourth-order valence-electron chi connectivity index (χ4n) is 4.33. The van der Waals surface area contributed by atoms with E-state index in [1.807, 2.05) is 20.8 Å². The Balaban J connectivity index is 2.09. The minimum atomic E-state index is -4.23. The normalized spacial score (nSPS) is 12.1. The first-order valence-electron chi connectivity index (χ1n) is 13.6. The molecule has 0 saturated carbocycles. The van der Waals surface area contributed by atoms with Crippen LogP contribution in [0.5, 0.6) is 5.75 Å². The largest absolute Gasteiger partial charge is 0.495 e. The van der Waals surface area contributed by atoms with E-state index in [0.717, 1.165) is 9.87 Å². The van der Waals surface area contributed by atoms with Gasteiger partial charge in [-0.1, -0.05) is 79.9 Å². The number of methoxy groups -OCH3 is 1. The molecule has 226 valence electrons. The number of hydrogen-bond acceptors (Lipinski definition) is 5. The summed E-state index contributed by atoms with van der Waals surface area (Å²) in [4.78, 5) is 28.9. The Hall–Kier alpha value is -3.27. The van der Waals surface area contributed by atoms with E-state index in [1.165, 1.54) is 42.3 Å². The van der Waals surface area contributed by atoms with Crippen molar-refractivity contribution in [2.45, 2.75) is 51.6 Å². The number of carbonyl (C=O) groups excluding carboxylic acids is 2. The molecule has 0 aliphatic rings. The molecule has 0 spiro atoms. The Kier molecular flexibility index (Phi) is 11.7. The third-order valence-corrected chi connectivity index (χ3v) is 9.13. The molecule has 42 heavy (non-hydrogen) atoms. The highest BCUT2D eigenvalue weighted by Crippen LogP contribution is 2.32. The first-order valence-corrected chi connectivity index (χ1v) is 15.8. The summed E-state index contributed by atoms with van der Waals surface area (Å²) in [6.07, 6.45) is 0.305. The Labute approximate surface area is 258 Å². The number of benzene rings is 3. The van der Waals surface area contributed by atoms with Crippen LogP contribution in [-0.2, 0) is 26.2 Å². The summed E-state index contributed by atoms with van der Waals surface area (Å²) in [5, 5.41) is 3.52. The number of anilines is 1. The monoisotopic (exact) mass is 633 g/mol. The summed E-state index contributed by atoms with van der Waals surface area (Å²) in [5.41, 5.74) is 1.68. The molecule has 0 bridgehead atoms. The van der Waals surface area contributed by atoms with Crippen LogP contribution in [-0.4, -0.2) is 51.4 Å². The van der Waals surface area contributed by atoms with Crippen LogP contribution in [0.2, 0.25) is 10.0 Å². The molecular weight excluding hydrogens is 597 g/mol. The molecule has 0 aliphatic heterocycles. The second-order valence-electron chi connectivity index (χ2n) is 10.3. The van der Waals surface area contributed by atoms with Gasteiger partial charge in [0.15, 0.2) is 0 Å². The maximum absolute atomic E-state index is 14.2. The molecule has 11 heteroatoms. The number of nitrogens with zero attached hydrogens (tertiary/aromatic N) is 2. The molecule has 2 amide bonds. The summed E-state index contributed by atoms with van der Waals surface area (Å²) < 4.78 is 34.3. The quantitative estimate of drug-likeness (QED) is 0.246. The smallest absolute Gasteiger partial charge is 0.264 e. The number of halogens is 2. The van der Waals surface area contributed by atoms with Crippen molar-refractivity contribution in [1.29, 1.82) is 0 Å². The van der Waals surface area contributed by atoms with E-state index in [2.05, 4.69) is 5.32 Å². The van der Waals surface area contributed by atoms with Gasteiger partial charge in [0.2, 0.25) is 11.8 Å². The third-order valence-electron chi connectivity index (χ3n) is 6.68. The Morgan fingerprint density at radius 3 is 2.21 bits per heavy atom. The minimum absolute atomic E-state index is 0.00668. The van der Waals surface area contributed by atoms with Gasteiger partial charge in [0, 0.05) is 18.1 Å². The molecule has 3 aromatic carbocycles. The molecular formula is C31H37Cl2N3O5S. The van der Waals surface area contributed by atoms with Crippen molar-refractivity contribution in [1.82, 2.24) is 10.2 Å². The highest BCUT2D eigenvalue weighted by Gasteiger charge is 2.34. The van der Waals surface area contributed by atoms with Gasteiger partial charge in [0.05, 0.1) is 22.7 Å². The predicted molar refractivity (Wildman–Crippen MR) is 168 cm³/mol. The van der Waals surface area contributed by atoms with Gasteiger partial charge in [0.25, 0.3) is 10.0 Å². The van der Waals surface area contributed by atoms with Crippen LogP contribution in [0.25, 0.3) is 0 Å². The molecule has 0 radical (unpaired) electrons. The molecule has 1 atom stereocenters. The van der Waals surface area contributed by atoms with Gasteiger partial charge < -0.3 is 15.0 Å². The lowest BCUT2D eigenvalue weighted by Crippen LogP contribution is -2.52. The second-order valence-corrected chi connectivity index (χ2v) is 13.0. The van der Waals surface area contributed by atoms with E-state index < -0.39 is 28.5 Å². The van der Waals surface area contributed by atoms with Gasteiger partial charge in [-0.05, 0) is 61.2 Å². The van der Waals surface area contributed by atoms with Crippen molar-refractivity contribution < 1.29 is 22.7 Å². The predicted octanol–water partition coefficient (Wildman–Crippen LogP) is 6.09. The van der Waals surface area contributed by atoms with Gasteiger partial charge in [-0.25, -0.2) is 8.42 Å². The zero-order valence-corrected chi connectivity index (χ0v) is 26.8. The SMILES string of the molecule is CCC(C(=O)NCC(C)C)N(Cc1ccccc1Cl)C(=O)CN(c1ccc(OC)c(Cl)c1)S(=O)(=O)c1ccc(C)cc1. The number of hydrogen-bond donors (Lipinski definition) is 1. The van der Waals surface area contributed by atoms with Crippen molar-refractivity contribution in [3.05, 3.63) is 87.9 Å². The molecule has 1 N–H and O–H groups in total. The summed E-state index contributed by atoms with van der Waals surface area (Å²) in [6.45, 7) is 7.45. The number of aryl methyl sites for hydroxylation is 1. The van der Waals surface area contributed by atoms with Crippen molar-refractivity contribution in [3.8, 4) is 5.75 Å². The Morgan fingerprint density at radius 2 is 1.64 bits per heavy atom. The fourth-order valence-corrected chi connectivity index (χ4v) is 6.18. The molecule has 0 aliphatic carbocycles. The third kappa shape index (κ3) is 8.18. The fraction of sp³-hybridized carbons (Fsp3) is 0.355. The lowest BCUT2D eigenvalue weighted by molar-refractivity contribution is -0.140. The molecule has 0 fully saturated rings. The highest BCUT2D eigenvalue weighted by atomic mass is 35.5. The van der Waals surface area contributed by atoms with Crippen LogP contribution in [0, 0.1) is 12.8 Å². The van der Waals surface area contributed by atoms with Crippen molar-refractivity contribution in [3.63, 3.8) is 0 Å². The van der Waals surface area contributed by atoms with E-state index in [4.69, 9.17) is 27.9 Å². The van der Waals surface area contributed by atoms with Crippen LogP contribution in [0.4, 0.5) is 5.69 Å². The second kappa shape index (κ2) is 14.8. The maximum atomic E-state index is 14.2. The molecule has 0 aromatic heterocycles. The van der Waals surface area contributed by atoms with E-state index in [0.29, 0.717) is 29.3 Å². The zero-order valence-electron chi connectivity index (χ0n) is 24.4. The van der Waals surface area contributed by atoms with E-state index in [-0.39, 0.29) is 34.0 Å². The number of amides is 2. The number of sulfonamides is 1. The van der Waals surface area contributed by atoms with Gasteiger partial charge >= 0.3 is 0 Å². The molecule has 0 heterocycles. The molecule has 0 saturated heterocycles. The standard InChI is InChI=1S/C31H37Cl2N3O5S/c1-6-28(31(38)34-18-21(2)3)35(19-23-9-7-8-10-26(23)32)30(37)20-36(24-13-16-29(41-5)27(33)17-24)42(39,40)25-14-11-22(4)12-15-25/h7-17,21,28H,6,18-20H2,1-5H3,(H,34,38). The van der Waals surface area contributed by atoms with Gasteiger partial charge in [0.1, 0.15) is 18.3 Å². The summed E-state index contributed by atoms with van der Waals surface area (Å²) in [7, 11) is -2.78. The highest BCUT2D eigenvalue weighted by molar-refractivity contribution is 7.92. The molecule has 3 aromatic rings. The van der Waals surface area contributed by atoms with Crippen LogP contribution >= 0.6 is 23.2 Å². The first-order chi connectivity index (χ1) is 19.9. The Bertz CT molecular complexity index is 1500. The number of nitrogens with one attached hydrogen (secondary N) is 1. The van der Waals surface area contributed by atoms with Gasteiger partial charge in [-0.2, -0.15) is 0 Å². The van der Waals surface area contributed by atoms with Crippen LogP contribution in [0.15, 0.2) is 71.6 Å². The van der Waals surface area contributed by atoms with Gasteiger partial charge in [-0.15, -0.1) is 0 Å². The van der Waals surface area contributed by atoms with Crippen molar-refractivity contribution in [2.75, 3.05) is 24.5 Å². The summed E-state index contributed by atoms with van der Waals surface area (Å²) in [6, 6.07) is 17.0. The van der Waals surface area contributed by atoms with E-state index in [1.54, 1.807) is 43.3 Å². The van der Waals surface area contributed by atoms with Crippen LogP contribution in [0.1, 0.15) is 38.3 Å². The molecule has 8 nitrogen and oxygen atoms in total. The zero-order chi connectivity index (χ0) is 31.0. The molecule has 1 unspecified atom stereocenters. The Morgan fingerprint density at radius 1 is 0.976 bits per heavy atom. The molecule has 3 rings (SSSR count). The van der Waals surface area contributed by atoms with Gasteiger partial charge in [-0.3, -0.25) is 13.9 Å². The van der Waals surface area contributed by atoms with Crippen LogP contribution in [0.3, 0.4) is 0 Å². The van der Waals surface area contributed by atoms with E-state index in [9.17, 15) is 18.0 Å². The summed E-state index contributed by atoms with van der Waals surface area (Å²) in [5.74, 6) is -0.349. The summed E-state index contributed by atoms with van der Waals surface area (Å²) >= 11 is 12.8. The minimum Gasteiger partial charge on any atom is -0.495 e. The lowest BCUT2D eigenvalue weighted by Gasteiger charge is -2.33. The average Bonchev–Trinajstić information content (AvgIpc) is 2.95. The average molecular weight is 635 g/mol. The number of rotatable bonds is 13. The van der Waals surface area contributed by atoms with Crippen molar-refractivity contribution >= 4 is 50.7 Å². The topological polar surface area (TPSA) is 96.0 Å². The number of carbonyl (C=O) groups is 2. The lowest BCUT2D eigenvalue weighted by atomic mass is 10.1. The maximum Gasteiger partial charge on any atom is 0.264 e. The van der Waals surface area contributed by atoms with Crippen LogP contribution < -0.4 is 14.4 Å². The van der Waals surface area contributed by atoms with E-state index >= 15 is 0 Å². The first kappa shape index (κ1) is 33.2. The number of ether oxygens (including phenoxy) is 1.